The summed E-state index contributed by atoms with van der Waals surface area (Å²) in [6, 6.07) is -0.387. The van der Waals surface area contributed by atoms with Crippen LogP contribution in [0.5, 0.6) is 0 Å². The first kappa shape index (κ1) is 18.4. The molecule has 1 aliphatic rings. The topological polar surface area (TPSA) is 66.4 Å². The molecule has 2 N–H and O–H groups in total. The van der Waals surface area contributed by atoms with Crippen molar-refractivity contribution < 1.29 is 54.6 Å². The molecule has 0 heterocycles. The van der Waals surface area contributed by atoms with E-state index in [2.05, 4.69) is 5.32 Å². The number of nitrogens with one attached hydrogen (secondary N) is 1. The average molecular weight is 399 g/mol. The molecule has 5 heteroatoms. The van der Waals surface area contributed by atoms with Crippen LogP contribution in [0.1, 0.15) is 52.4 Å². The van der Waals surface area contributed by atoms with Gasteiger partial charge in [0.2, 0.25) is 0 Å². The van der Waals surface area contributed by atoms with Crippen molar-refractivity contribution >= 4 is 11.8 Å². The molecule has 1 saturated carbocycles. The Morgan fingerprint density at radius 2 is 1.78 bits per heavy atom. The van der Waals surface area contributed by atoms with Crippen LogP contribution in [0.4, 0.5) is 0 Å². The normalized spacial score (nSPS) is 18.2. The van der Waals surface area contributed by atoms with Gasteiger partial charge in [-0.15, -0.1) is 0 Å². The van der Waals surface area contributed by atoms with Gasteiger partial charge in [0, 0.05) is 46.0 Å². The number of carboxylic acid groups (broad SMARTS) is 1. The number of aliphatic carboxylic acids is 1. The van der Waals surface area contributed by atoms with Gasteiger partial charge in [-0.1, -0.05) is 46.0 Å². The number of hydrogen-bond donors (Lipinski definition) is 2. The summed E-state index contributed by atoms with van der Waals surface area (Å²) in [4.78, 5) is 22.4. The molecule has 0 bridgehead atoms. The zero-order chi connectivity index (χ0) is 12.8. The van der Waals surface area contributed by atoms with Crippen LogP contribution in [-0.2, 0) is 9.59 Å². The third-order valence-electron chi connectivity index (χ3n) is 3.36. The van der Waals surface area contributed by atoms with E-state index in [9.17, 15) is 9.59 Å². The second-order valence-corrected chi connectivity index (χ2v) is 5.28. The Bertz CT molecular complexity index is 275. The molecule has 1 aliphatic carbocycles. The first-order valence-electron chi connectivity index (χ1n) is 6.54. The minimum absolute atomic E-state index is 0. The molecule has 0 radical (unpaired) electrons. The van der Waals surface area contributed by atoms with Crippen molar-refractivity contribution in [2.75, 3.05) is 0 Å². The summed E-state index contributed by atoms with van der Waals surface area (Å²) >= 11 is 0. The summed E-state index contributed by atoms with van der Waals surface area (Å²) in [5, 5.41) is 11.9. The molecule has 0 saturated heterocycles. The largest absolute Gasteiger partial charge is 0.475 e. The molecule has 0 aromatic carbocycles. The van der Waals surface area contributed by atoms with Crippen LogP contribution < -0.4 is 5.32 Å². The second-order valence-electron chi connectivity index (χ2n) is 5.28. The maximum Gasteiger partial charge on any atom is 0.373 e. The van der Waals surface area contributed by atoms with Crippen molar-refractivity contribution in [3.05, 3.63) is 0 Å². The van der Waals surface area contributed by atoms with Gasteiger partial charge in [-0.2, -0.15) is 0 Å². The molecular formula is C13H23GdNO3. The minimum Gasteiger partial charge on any atom is -0.475 e. The summed E-state index contributed by atoms with van der Waals surface area (Å²) in [6.45, 7) is 3.87. The van der Waals surface area contributed by atoms with Gasteiger partial charge in [0.1, 0.15) is 0 Å². The van der Waals surface area contributed by atoms with Crippen LogP contribution in [-0.4, -0.2) is 28.9 Å². The SMILES string of the molecule is CC(C)N[C@@H](CC1CCCCC1)C(=O)C(=O)O.[Gd]. The van der Waals surface area contributed by atoms with Gasteiger partial charge in [0.15, 0.2) is 0 Å². The zero-order valence-corrected chi connectivity index (χ0v) is 13.4. The van der Waals surface area contributed by atoms with E-state index in [4.69, 9.17) is 5.11 Å². The Morgan fingerprint density at radius 3 is 2.22 bits per heavy atom. The number of Topliss-reactive ketones (excluding diaryl/α,β-unsaturated/α-hetero) is 1. The van der Waals surface area contributed by atoms with Crippen molar-refractivity contribution in [1.29, 1.82) is 0 Å². The van der Waals surface area contributed by atoms with Crippen LogP contribution >= 0.6 is 0 Å². The summed E-state index contributed by atoms with van der Waals surface area (Å²) in [7, 11) is 0. The minimum atomic E-state index is -1.32. The molecule has 0 aromatic rings. The van der Waals surface area contributed by atoms with E-state index in [1.165, 1.54) is 19.3 Å². The molecule has 0 aliphatic heterocycles. The maximum absolute atomic E-state index is 11.6. The Balaban J connectivity index is 0.00000289. The fourth-order valence-electron chi connectivity index (χ4n) is 2.56. The van der Waals surface area contributed by atoms with Gasteiger partial charge in [0.25, 0.3) is 5.78 Å². The van der Waals surface area contributed by atoms with E-state index in [-0.39, 0.29) is 46.0 Å². The fourth-order valence-corrected chi connectivity index (χ4v) is 2.56. The Kier molecular flexibility index (Phi) is 9.57. The second kappa shape index (κ2) is 9.35. The van der Waals surface area contributed by atoms with E-state index < -0.39 is 17.8 Å². The number of carbonyl (C=O) groups is 2. The van der Waals surface area contributed by atoms with Crippen LogP contribution in [0.15, 0.2) is 0 Å². The quantitative estimate of drug-likeness (QED) is 0.672. The van der Waals surface area contributed by atoms with Crippen molar-refractivity contribution in [3.8, 4) is 0 Å². The van der Waals surface area contributed by atoms with Gasteiger partial charge in [-0.25, -0.2) is 4.79 Å². The van der Waals surface area contributed by atoms with Crippen LogP contribution in [0, 0.1) is 45.9 Å². The van der Waals surface area contributed by atoms with Crippen molar-refractivity contribution in [2.45, 2.75) is 64.5 Å². The number of carboxylic acids is 1. The molecule has 4 nitrogen and oxygen atoms in total. The molecule has 0 amide bonds. The smallest absolute Gasteiger partial charge is 0.373 e. The Labute approximate surface area is 141 Å². The molecule has 1 fully saturated rings. The number of carbonyl (C=O) groups excluding carboxylic acids is 1. The third kappa shape index (κ3) is 6.55. The van der Waals surface area contributed by atoms with Gasteiger partial charge >= 0.3 is 5.97 Å². The number of ketones is 1. The van der Waals surface area contributed by atoms with E-state index in [0.29, 0.717) is 12.3 Å². The van der Waals surface area contributed by atoms with Gasteiger partial charge in [-0.05, 0) is 12.3 Å². The predicted molar refractivity (Wildman–Crippen MR) is 65.9 cm³/mol. The summed E-state index contributed by atoms with van der Waals surface area (Å²) < 4.78 is 0. The van der Waals surface area contributed by atoms with Crippen molar-refractivity contribution in [1.82, 2.24) is 5.32 Å². The predicted octanol–water partition coefficient (Wildman–Crippen LogP) is 1.98. The van der Waals surface area contributed by atoms with Gasteiger partial charge in [-0.3, -0.25) is 4.79 Å². The number of rotatable bonds is 6. The number of hydrogen-bond acceptors (Lipinski definition) is 3. The maximum atomic E-state index is 11.6. The average Bonchev–Trinajstić information content (AvgIpc) is 2.28. The van der Waals surface area contributed by atoms with Crippen LogP contribution in [0.2, 0.25) is 0 Å². The molecular weight excluding hydrogens is 375 g/mol. The van der Waals surface area contributed by atoms with Crippen molar-refractivity contribution in [3.63, 3.8) is 0 Å². The van der Waals surface area contributed by atoms with E-state index in [1.54, 1.807) is 0 Å². The van der Waals surface area contributed by atoms with E-state index in [1.807, 2.05) is 13.8 Å². The summed E-state index contributed by atoms with van der Waals surface area (Å²) in [6.07, 6.45) is 6.61. The first-order valence-corrected chi connectivity index (χ1v) is 6.54. The first-order chi connectivity index (χ1) is 8.00. The molecule has 0 spiro atoms. The molecule has 1 atom stereocenters. The Morgan fingerprint density at radius 1 is 1.22 bits per heavy atom. The van der Waals surface area contributed by atoms with E-state index >= 15 is 0 Å². The van der Waals surface area contributed by atoms with Crippen LogP contribution in [0.3, 0.4) is 0 Å². The fraction of sp³-hybridized carbons (Fsp3) is 0.846. The monoisotopic (exact) mass is 399 g/mol. The summed E-state index contributed by atoms with van der Waals surface area (Å²) in [5.41, 5.74) is 0. The summed E-state index contributed by atoms with van der Waals surface area (Å²) in [5.74, 6) is -1.51. The molecule has 1 rings (SSSR count). The van der Waals surface area contributed by atoms with Crippen molar-refractivity contribution in [2.24, 2.45) is 5.92 Å². The molecule has 0 aromatic heterocycles. The Hall–Kier alpha value is 0.425. The standard InChI is InChI=1S/C13H23NO3.Gd/c1-9(2)14-11(12(15)13(16)17)8-10-6-4-3-5-7-10;/h9-11,14H,3-8H2,1-2H3,(H,16,17);/t11-;/m0./s1. The molecule has 106 valence electrons. The third-order valence-corrected chi connectivity index (χ3v) is 3.36. The zero-order valence-electron chi connectivity index (χ0n) is 11.1. The van der Waals surface area contributed by atoms with Gasteiger partial charge < -0.3 is 10.4 Å². The van der Waals surface area contributed by atoms with Crippen LogP contribution in [0.25, 0.3) is 0 Å². The van der Waals surface area contributed by atoms with E-state index in [0.717, 1.165) is 12.8 Å². The van der Waals surface area contributed by atoms with Gasteiger partial charge in [0.05, 0.1) is 6.04 Å². The molecule has 0 unspecified atom stereocenters. The molecule has 18 heavy (non-hydrogen) atoms.